The number of ether oxygens (including phenoxy) is 1. The van der Waals surface area contributed by atoms with Gasteiger partial charge in [0.2, 0.25) is 0 Å². The standard InChI is InChI=1S/C21H15Cl2NO2/c1-26-20-5-4-13-6-15(3-2-14(13)9-20)21(25)10-17(12-24)16-7-18(22)11-19(23)8-16/h2-9,11,17H,10H2,1H3. The quantitative estimate of drug-likeness (QED) is 0.504. The van der Waals surface area contributed by atoms with Gasteiger partial charge in [-0.2, -0.15) is 5.26 Å². The molecule has 130 valence electrons. The Morgan fingerprint density at radius 1 is 1.04 bits per heavy atom. The number of nitriles is 1. The molecule has 0 fully saturated rings. The van der Waals surface area contributed by atoms with Gasteiger partial charge in [-0.25, -0.2) is 0 Å². The molecule has 26 heavy (non-hydrogen) atoms. The zero-order chi connectivity index (χ0) is 18.7. The van der Waals surface area contributed by atoms with E-state index in [1.165, 1.54) is 0 Å². The number of hydrogen-bond donors (Lipinski definition) is 0. The summed E-state index contributed by atoms with van der Waals surface area (Å²) in [6.45, 7) is 0. The van der Waals surface area contributed by atoms with Crippen molar-refractivity contribution < 1.29 is 9.53 Å². The summed E-state index contributed by atoms with van der Waals surface area (Å²) in [7, 11) is 1.61. The predicted octanol–water partition coefficient (Wildman–Crippen LogP) is 6.04. The summed E-state index contributed by atoms with van der Waals surface area (Å²) in [6, 6.07) is 18.2. The van der Waals surface area contributed by atoms with Crippen molar-refractivity contribution in [3.05, 3.63) is 75.8 Å². The fourth-order valence-corrected chi connectivity index (χ4v) is 3.38. The maximum Gasteiger partial charge on any atom is 0.164 e. The number of Topliss-reactive ketones (excluding diaryl/α,β-unsaturated/α-hetero) is 1. The number of benzene rings is 3. The normalized spacial score (nSPS) is 11.8. The van der Waals surface area contributed by atoms with Gasteiger partial charge in [-0.05, 0) is 52.7 Å². The Balaban J connectivity index is 1.86. The number of carbonyl (C=O) groups is 1. The molecule has 3 aromatic rings. The molecular formula is C21H15Cl2NO2. The monoisotopic (exact) mass is 383 g/mol. The number of nitrogens with zero attached hydrogens (tertiary/aromatic N) is 1. The highest BCUT2D eigenvalue weighted by molar-refractivity contribution is 6.34. The van der Waals surface area contributed by atoms with Crippen molar-refractivity contribution in [3.8, 4) is 11.8 Å². The minimum absolute atomic E-state index is 0.0643. The zero-order valence-corrected chi connectivity index (χ0v) is 15.5. The van der Waals surface area contributed by atoms with Crippen LogP contribution in [0.2, 0.25) is 10.0 Å². The third kappa shape index (κ3) is 3.99. The van der Waals surface area contributed by atoms with Gasteiger partial charge in [0.25, 0.3) is 0 Å². The summed E-state index contributed by atoms with van der Waals surface area (Å²) in [5.41, 5.74) is 1.21. The second-order valence-electron chi connectivity index (χ2n) is 5.94. The van der Waals surface area contributed by atoms with Gasteiger partial charge in [-0.3, -0.25) is 4.79 Å². The van der Waals surface area contributed by atoms with E-state index < -0.39 is 5.92 Å². The number of fused-ring (bicyclic) bond motifs is 1. The largest absolute Gasteiger partial charge is 0.497 e. The molecule has 1 atom stereocenters. The van der Waals surface area contributed by atoms with Crippen molar-refractivity contribution in [2.45, 2.75) is 12.3 Å². The van der Waals surface area contributed by atoms with Crippen LogP contribution in [-0.4, -0.2) is 12.9 Å². The lowest BCUT2D eigenvalue weighted by Crippen LogP contribution is -2.06. The molecule has 0 aliphatic carbocycles. The summed E-state index contributed by atoms with van der Waals surface area (Å²) in [5.74, 6) is 0.0505. The number of ketones is 1. The van der Waals surface area contributed by atoms with Gasteiger partial charge in [0.15, 0.2) is 5.78 Å². The smallest absolute Gasteiger partial charge is 0.164 e. The van der Waals surface area contributed by atoms with Crippen LogP contribution in [0.15, 0.2) is 54.6 Å². The van der Waals surface area contributed by atoms with E-state index in [-0.39, 0.29) is 12.2 Å². The molecule has 0 N–H and O–H groups in total. The van der Waals surface area contributed by atoms with Gasteiger partial charge in [0, 0.05) is 22.0 Å². The fourth-order valence-electron chi connectivity index (χ4n) is 2.84. The van der Waals surface area contributed by atoms with E-state index in [4.69, 9.17) is 27.9 Å². The van der Waals surface area contributed by atoms with Crippen LogP contribution in [0.5, 0.6) is 5.75 Å². The summed E-state index contributed by atoms with van der Waals surface area (Å²) in [5, 5.41) is 12.3. The van der Waals surface area contributed by atoms with E-state index >= 15 is 0 Å². The second-order valence-corrected chi connectivity index (χ2v) is 6.81. The van der Waals surface area contributed by atoms with Crippen molar-refractivity contribution in [3.63, 3.8) is 0 Å². The summed E-state index contributed by atoms with van der Waals surface area (Å²) in [4.78, 5) is 12.7. The van der Waals surface area contributed by atoms with Crippen LogP contribution in [0, 0.1) is 11.3 Å². The highest BCUT2D eigenvalue weighted by Crippen LogP contribution is 2.28. The second kappa shape index (κ2) is 7.78. The maximum atomic E-state index is 12.7. The van der Waals surface area contributed by atoms with Gasteiger partial charge < -0.3 is 4.74 Å². The molecular weight excluding hydrogens is 369 g/mol. The van der Waals surface area contributed by atoms with Crippen LogP contribution in [0.3, 0.4) is 0 Å². The molecule has 0 radical (unpaired) electrons. The molecule has 1 unspecified atom stereocenters. The Kier molecular flexibility index (Phi) is 5.46. The summed E-state index contributed by atoms with van der Waals surface area (Å²) < 4.78 is 5.21. The first-order valence-corrected chi connectivity index (χ1v) is 8.72. The van der Waals surface area contributed by atoms with Gasteiger partial charge in [-0.15, -0.1) is 0 Å². The fraction of sp³-hybridized carbons (Fsp3) is 0.143. The minimum Gasteiger partial charge on any atom is -0.497 e. The molecule has 0 saturated heterocycles. The van der Waals surface area contributed by atoms with Crippen molar-refractivity contribution >= 4 is 39.8 Å². The number of rotatable bonds is 5. The van der Waals surface area contributed by atoms with Crippen molar-refractivity contribution in [1.82, 2.24) is 0 Å². The molecule has 3 rings (SSSR count). The average Bonchev–Trinajstić information content (AvgIpc) is 2.64. The van der Waals surface area contributed by atoms with E-state index in [0.717, 1.165) is 16.5 Å². The Morgan fingerprint density at radius 3 is 2.35 bits per heavy atom. The van der Waals surface area contributed by atoms with E-state index in [1.807, 2.05) is 30.3 Å². The lowest BCUT2D eigenvalue weighted by Gasteiger charge is -2.11. The maximum absolute atomic E-state index is 12.7. The minimum atomic E-state index is -0.606. The van der Waals surface area contributed by atoms with E-state index in [0.29, 0.717) is 21.2 Å². The van der Waals surface area contributed by atoms with E-state index in [1.54, 1.807) is 31.4 Å². The van der Waals surface area contributed by atoms with E-state index in [2.05, 4.69) is 6.07 Å². The van der Waals surface area contributed by atoms with Crippen LogP contribution in [0.25, 0.3) is 10.8 Å². The third-order valence-electron chi connectivity index (χ3n) is 4.20. The van der Waals surface area contributed by atoms with Crippen molar-refractivity contribution in [1.29, 1.82) is 5.26 Å². The molecule has 0 aliphatic heterocycles. The van der Waals surface area contributed by atoms with Crippen molar-refractivity contribution in [2.75, 3.05) is 7.11 Å². The van der Waals surface area contributed by atoms with Crippen LogP contribution in [0.1, 0.15) is 28.3 Å². The van der Waals surface area contributed by atoms with Gasteiger partial charge in [-0.1, -0.05) is 41.4 Å². The van der Waals surface area contributed by atoms with Gasteiger partial charge >= 0.3 is 0 Å². The Hall–Kier alpha value is -2.54. The molecule has 3 nitrogen and oxygen atoms in total. The number of carbonyl (C=O) groups excluding carboxylic acids is 1. The molecule has 0 bridgehead atoms. The van der Waals surface area contributed by atoms with Crippen LogP contribution >= 0.6 is 23.2 Å². The lowest BCUT2D eigenvalue weighted by atomic mass is 9.92. The zero-order valence-electron chi connectivity index (χ0n) is 14.0. The molecule has 0 aromatic heterocycles. The van der Waals surface area contributed by atoms with E-state index in [9.17, 15) is 10.1 Å². The SMILES string of the molecule is COc1ccc2cc(C(=O)CC(C#N)c3cc(Cl)cc(Cl)c3)ccc2c1. The van der Waals surface area contributed by atoms with Crippen LogP contribution in [0.4, 0.5) is 0 Å². The Bertz CT molecular complexity index is 1000. The molecule has 3 aromatic carbocycles. The predicted molar refractivity (Wildman–Crippen MR) is 104 cm³/mol. The van der Waals surface area contributed by atoms with Crippen LogP contribution in [-0.2, 0) is 0 Å². The van der Waals surface area contributed by atoms with Crippen molar-refractivity contribution in [2.24, 2.45) is 0 Å². The first-order valence-electron chi connectivity index (χ1n) is 7.97. The summed E-state index contributed by atoms with van der Waals surface area (Å²) in [6.07, 6.45) is 0.0643. The summed E-state index contributed by atoms with van der Waals surface area (Å²) >= 11 is 12.0. The first kappa shape index (κ1) is 18.3. The average molecular weight is 384 g/mol. The first-order chi connectivity index (χ1) is 12.5. The lowest BCUT2D eigenvalue weighted by molar-refractivity contribution is 0.0979. The molecule has 0 spiro atoms. The Morgan fingerprint density at radius 2 is 1.69 bits per heavy atom. The molecule has 0 amide bonds. The highest BCUT2D eigenvalue weighted by atomic mass is 35.5. The number of hydrogen-bond acceptors (Lipinski definition) is 3. The molecule has 0 aliphatic rings. The van der Waals surface area contributed by atoms with Crippen LogP contribution < -0.4 is 4.74 Å². The van der Waals surface area contributed by atoms with Gasteiger partial charge in [0.05, 0.1) is 19.1 Å². The highest BCUT2D eigenvalue weighted by Gasteiger charge is 2.18. The molecule has 5 heteroatoms. The molecule has 0 heterocycles. The molecule has 0 saturated carbocycles. The third-order valence-corrected chi connectivity index (χ3v) is 4.64. The van der Waals surface area contributed by atoms with Gasteiger partial charge in [0.1, 0.15) is 5.75 Å². The topological polar surface area (TPSA) is 50.1 Å². The Labute approximate surface area is 161 Å². The number of halogens is 2. The number of methoxy groups -OCH3 is 1.